The van der Waals surface area contributed by atoms with Crippen molar-refractivity contribution in [3.05, 3.63) is 81.9 Å². The number of pyridine rings is 1. The molecule has 4 aromatic rings. The first kappa shape index (κ1) is 21.9. The molecule has 178 valence electrons. The van der Waals surface area contributed by atoms with Gasteiger partial charge in [0.15, 0.2) is 11.5 Å². The zero-order chi connectivity index (χ0) is 23.9. The molecule has 0 saturated heterocycles. The minimum Gasteiger partial charge on any atom is -0.493 e. The number of rotatable bonds is 6. The van der Waals surface area contributed by atoms with E-state index in [1.54, 1.807) is 22.2 Å². The van der Waals surface area contributed by atoms with Crippen LogP contribution < -0.4 is 19.9 Å². The van der Waals surface area contributed by atoms with E-state index in [-0.39, 0.29) is 17.6 Å². The number of aromatic nitrogens is 2. The largest absolute Gasteiger partial charge is 0.493 e. The van der Waals surface area contributed by atoms with Crippen molar-refractivity contribution < 1.29 is 14.3 Å². The van der Waals surface area contributed by atoms with Crippen LogP contribution in [0.5, 0.6) is 11.5 Å². The summed E-state index contributed by atoms with van der Waals surface area (Å²) in [4.78, 5) is 32.4. The molecule has 1 fully saturated rings. The highest BCUT2D eigenvalue weighted by Gasteiger charge is 2.30. The smallest absolute Gasteiger partial charge is 0.268 e. The fraction of sp³-hybridized carbons (Fsp3) is 0.296. The lowest BCUT2D eigenvalue weighted by Crippen LogP contribution is -2.23. The Labute approximate surface area is 206 Å². The zero-order valence-electron chi connectivity index (χ0n) is 19.4. The summed E-state index contributed by atoms with van der Waals surface area (Å²) in [7, 11) is 1.63. The molecule has 2 aliphatic rings. The molecule has 1 saturated carbocycles. The van der Waals surface area contributed by atoms with Crippen LogP contribution >= 0.6 is 11.5 Å². The Morgan fingerprint density at radius 2 is 1.89 bits per heavy atom. The van der Waals surface area contributed by atoms with Gasteiger partial charge in [-0.3, -0.25) is 18.5 Å². The van der Waals surface area contributed by atoms with Gasteiger partial charge in [0.25, 0.3) is 11.5 Å². The molecule has 0 N–H and O–H groups in total. The Morgan fingerprint density at radius 3 is 2.69 bits per heavy atom. The lowest BCUT2D eigenvalue weighted by atomic mass is 10.1. The Balaban J connectivity index is 1.26. The molecule has 2 aromatic carbocycles. The summed E-state index contributed by atoms with van der Waals surface area (Å²) in [5, 5.41) is 0.705. The van der Waals surface area contributed by atoms with E-state index in [1.165, 1.54) is 24.4 Å². The second kappa shape index (κ2) is 8.85. The van der Waals surface area contributed by atoms with E-state index in [0.717, 1.165) is 28.8 Å². The number of hydrogen-bond acceptors (Lipinski definition) is 6. The summed E-state index contributed by atoms with van der Waals surface area (Å²) in [5.74, 6) is 1.26. The minimum absolute atomic E-state index is 0.0334. The predicted octanol–water partition coefficient (Wildman–Crippen LogP) is 5.00. The van der Waals surface area contributed by atoms with Gasteiger partial charge in [0.1, 0.15) is 0 Å². The molecule has 3 heterocycles. The van der Waals surface area contributed by atoms with Gasteiger partial charge in [-0.05, 0) is 56.0 Å². The van der Waals surface area contributed by atoms with Crippen molar-refractivity contribution in [2.24, 2.45) is 0 Å². The standard InChI is InChI=1S/C27H25N3O4S/c1-33-23-11-10-19(13-24(23)34-20-6-2-3-7-20)29-15-17-14-28-18(12-22(17)26(29)31)16-30-27(32)21-8-4-5-9-25(21)35-30/h4-5,8-14,20H,2-3,6-7,15-16H2,1H3. The molecule has 35 heavy (non-hydrogen) atoms. The molecule has 8 heteroatoms. The van der Waals surface area contributed by atoms with E-state index in [9.17, 15) is 9.59 Å². The van der Waals surface area contributed by atoms with Gasteiger partial charge in [0.05, 0.1) is 42.1 Å². The Kier molecular flexibility index (Phi) is 5.53. The van der Waals surface area contributed by atoms with Gasteiger partial charge in [0.2, 0.25) is 0 Å². The summed E-state index contributed by atoms with van der Waals surface area (Å²) < 4.78 is 14.4. The van der Waals surface area contributed by atoms with E-state index in [2.05, 4.69) is 4.98 Å². The number of benzene rings is 2. The third-order valence-electron chi connectivity index (χ3n) is 6.76. The number of nitrogens with zero attached hydrogens (tertiary/aromatic N) is 3. The molecule has 0 radical (unpaired) electrons. The lowest BCUT2D eigenvalue weighted by molar-refractivity contribution is 0.0996. The van der Waals surface area contributed by atoms with Crippen LogP contribution in [0.3, 0.4) is 0 Å². The minimum atomic E-state index is -0.0793. The van der Waals surface area contributed by atoms with Gasteiger partial charge >= 0.3 is 0 Å². The van der Waals surface area contributed by atoms with Crippen LogP contribution in [0.1, 0.15) is 47.3 Å². The van der Waals surface area contributed by atoms with Crippen LogP contribution in [0.15, 0.2) is 59.5 Å². The van der Waals surface area contributed by atoms with Crippen molar-refractivity contribution in [2.45, 2.75) is 44.9 Å². The number of fused-ring (bicyclic) bond motifs is 2. The molecule has 2 aromatic heterocycles. The van der Waals surface area contributed by atoms with Crippen molar-refractivity contribution >= 4 is 33.2 Å². The Hall–Kier alpha value is -3.65. The van der Waals surface area contributed by atoms with Crippen LogP contribution in [0.2, 0.25) is 0 Å². The van der Waals surface area contributed by atoms with Gasteiger partial charge in [-0.1, -0.05) is 23.7 Å². The quantitative estimate of drug-likeness (QED) is 0.383. The number of methoxy groups -OCH3 is 1. The average Bonchev–Trinajstić information content (AvgIpc) is 3.59. The van der Waals surface area contributed by atoms with E-state index in [1.807, 2.05) is 48.5 Å². The SMILES string of the molecule is COc1ccc(N2Cc3cnc(Cn4sc5ccccc5c4=O)cc3C2=O)cc1OC1CCCC1. The van der Waals surface area contributed by atoms with Crippen molar-refractivity contribution in [1.29, 1.82) is 0 Å². The van der Waals surface area contributed by atoms with Crippen molar-refractivity contribution in [2.75, 3.05) is 12.0 Å². The van der Waals surface area contributed by atoms with Crippen LogP contribution in [-0.4, -0.2) is 28.1 Å². The van der Waals surface area contributed by atoms with Crippen LogP contribution in [0, 0.1) is 0 Å². The van der Waals surface area contributed by atoms with E-state index >= 15 is 0 Å². The van der Waals surface area contributed by atoms with Gasteiger partial charge < -0.3 is 14.4 Å². The van der Waals surface area contributed by atoms with Gasteiger partial charge in [-0.25, -0.2) is 0 Å². The highest BCUT2D eigenvalue weighted by molar-refractivity contribution is 7.13. The normalized spacial score (nSPS) is 15.7. The van der Waals surface area contributed by atoms with E-state index in [0.29, 0.717) is 41.2 Å². The third kappa shape index (κ3) is 3.97. The summed E-state index contributed by atoms with van der Waals surface area (Å²) >= 11 is 1.41. The number of amides is 1. The van der Waals surface area contributed by atoms with Crippen molar-refractivity contribution in [3.63, 3.8) is 0 Å². The molecule has 0 bridgehead atoms. The van der Waals surface area contributed by atoms with E-state index < -0.39 is 0 Å². The molecule has 0 unspecified atom stereocenters. The summed E-state index contributed by atoms with van der Waals surface area (Å²) in [6, 6.07) is 15.0. The molecular weight excluding hydrogens is 462 g/mol. The molecular formula is C27H25N3O4S. The van der Waals surface area contributed by atoms with Gasteiger partial charge in [-0.2, -0.15) is 0 Å². The highest BCUT2D eigenvalue weighted by Crippen LogP contribution is 2.37. The summed E-state index contributed by atoms with van der Waals surface area (Å²) in [5.41, 5.74) is 2.92. The molecule has 6 rings (SSSR count). The van der Waals surface area contributed by atoms with Gasteiger partial charge in [-0.15, -0.1) is 0 Å². The predicted molar refractivity (Wildman–Crippen MR) is 136 cm³/mol. The molecule has 1 amide bonds. The summed E-state index contributed by atoms with van der Waals surface area (Å²) in [6.45, 7) is 0.778. The first-order valence-electron chi connectivity index (χ1n) is 11.8. The Morgan fingerprint density at radius 1 is 1.06 bits per heavy atom. The number of anilines is 1. The molecule has 0 atom stereocenters. The second-order valence-corrected chi connectivity index (χ2v) is 10.1. The van der Waals surface area contributed by atoms with Gasteiger partial charge in [0, 0.05) is 29.1 Å². The van der Waals surface area contributed by atoms with Crippen molar-refractivity contribution in [1.82, 2.24) is 8.94 Å². The lowest BCUT2D eigenvalue weighted by Gasteiger charge is -2.20. The maximum Gasteiger partial charge on any atom is 0.268 e. The number of carbonyl (C=O) groups excluding carboxylic acids is 1. The third-order valence-corrected chi connectivity index (χ3v) is 7.83. The average molecular weight is 488 g/mol. The first-order chi connectivity index (χ1) is 17.1. The molecule has 0 spiro atoms. The Bertz CT molecular complexity index is 1490. The zero-order valence-corrected chi connectivity index (χ0v) is 20.2. The first-order valence-corrected chi connectivity index (χ1v) is 12.6. The maximum absolute atomic E-state index is 13.4. The van der Waals surface area contributed by atoms with Crippen LogP contribution in [0.25, 0.3) is 10.1 Å². The number of carbonyl (C=O) groups is 1. The number of ether oxygens (including phenoxy) is 2. The molecule has 1 aliphatic heterocycles. The monoisotopic (exact) mass is 487 g/mol. The second-order valence-electron chi connectivity index (χ2n) is 9.01. The summed E-state index contributed by atoms with van der Waals surface area (Å²) in [6.07, 6.45) is 6.37. The van der Waals surface area contributed by atoms with Crippen molar-refractivity contribution in [3.8, 4) is 11.5 Å². The topological polar surface area (TPSA) is 73.7 Å². The fourth-order valence-corrected chi connectivity index (χ4v) is 5.92. The maximum atomic E-state index is 13.4. The van der Waals surface area contributed by atoms with E-state index in [4.69, 9.17) is 9.47 Å². The van der Waals surface area contributed by atoms with Crippen LogP contribution in [0.4, 0.5) is 5.69 Å². The fourth-order valence-electron chi connectivity index (χ4n) is 4.91. The van der Waals surface area contributed by atoms with Crippen LogP contribution in [-0.2, 0) is 13.1 Å². The molecule has 1 aliphatic carbocycles. The number of hydrogen-bond donors (Lipinski definition) is 0. The highest BCUT2D eigenvalue weighted by atomic mass is 32.1. The molecule has 7 nitrogen and oxygen atoms in total.